The number of hydrogen-bond acceptors (Lipinski definition) is 6. The Labute approximate surface area is 113 Å². The molecule has 0 unspecified atom stereocenters. The molecule has 1 aromatic carbocycles. The predicted octanol–water partition coefficient (Wildman–Crippen LogP) is -0.514. The van der Waals surface area contributed by atoms with Crippen molar-refractivity contribution in [2.24, 2.45) is 4.99 Å². The fraction of sp³-hybridized carbons (Fsp3) is 0.100. The van der Waals surface area contributed by atoms with Gasteiger partial charge in [-0.15, -0.1) is 0 Å². The van der Waals surface area contributed by atoms with Gasteiger partial charge in [0, 0.05) is 5.46 Å². The molecular formula is C10H10BN3O4S. The van der Waals surface area contributed by atoms with Crippen LogP contribution in [0.25, 0.3) is 0 Å². The molecule has 0 spiro atoms. The molecule has 0 saturated heterocycles. The molecule has 0 aliphatic carbocycles. The normalized spacial score (nSPS) is 10.7. The lowest BCUT2D eigenvalue weighted by Crippen LogP contribution is -2.30. The zero-order valence-electron chi connectivity index (χ0n) is 9.86. The Morgan fingerprint density at radius 2 is 2.21 bits per heavy atom. The molecule has 0 amide bonds. The molecule has 0 aliphatic rings. The standard InChI is InChI=1S/C10H10BN3O4S/c1-19-10(13-5-12)14-8-4-6(9(15)16)2-3-7(8)11(17)18/h2-4,17-18H,1H3,(H,13,14)(H,15,16). The third-order valence-electron chi connectivity index (χ3n) is 2.13. The molecule has 98 valence electrons. The first-order valence-corrected chi connectivity index (χ1v) is 6.23. The highest BCUT2D eigenvalue weighted by Crippen LogP contribution is 2.15. The minimum atomic E-state index is -1.79. The van der Waals surface area contributed by atoms with Crippen molar-refractivity contribution < 1.29 is 19.9 Å². The van der Waals surface area contributed by atoms with Gasteiger partial charge in [-0.2, -0.15) is 5.26 Å². The Kier molecular flexibility index (Phi) is 5.38. The van der Waals surface area contributed by atoms with Crippen molar-refractivity contribution in [1.82, 2.24) is 5.32 Å². The number of nitrogens with one attached hydrogen (secondary N) is 1. The molecule has 0 bridgehead atoms. The second-order valence-electron chi connectivity index (χ2n) is 3.31. The van der Waals surface area contributed by atoms with E-state index >= 15 is 0 Å². The molecule has 19 heavy (non-hydrogen) atoms. The number of aromatic carboxylic acids is 1. The average Bonchev–Trinajstić information content (AvgIpc) is 2.37. The van der Waals surface area contributed by atoms with Gasteiger partial charge in [-0.25, -0.2) is 9.79 Å². The van der Waals surface area contributed by atoms with Gasteiger partial charge in [0.25, 0.3) is 0 Å². The number of aliphatic imine (C=N–C) groups is 1. The van der Waals surface area contributed by atoms with Crippen LogP contribution >= 0.6 is 11.8 Å². The van der Waals surface area contributed by atoms with Crippen LogP contribution in [-0.4, -0.2) is 39.7 Å². The molecule has 4 N–H and O–H groups in total. The van der Waals surface area contributed by atoms with Gasteiger partial charge in [-0.3, -0.25) is 5.32 Å². The van der Waals surface area contributed by atoms with Gasteiger partial charge in [0.05, 0.1) is 11.3 Å². The molecule has 0 heterocycles. The second kappa shape index (κ2) is 6.79. The van der Waals surface area contributed by atoms with Crippen LogP contribution in [0.15, 0.2) is 23.2 Å². The smallest absolute Gasteiger partial charge is 0.478 e. The van der Waals surface area contributed by atoms with Gasteiger partial charge >= 0.3 is 13.1 Å². The topological polar surface area (TPSA) is 126 Å². The van der Waals surface area contributed by atoms with Crippen LogP contribution in [0.3, 0.4) is 0 Å². The summed E-state index contributed by atoms with van der Waals surface area (Å²) >= 11 is 1.13. The van der Waals surface area contributed by atoms with Crippen LogP contribution in [0.1, 0.15) is 10.4 Å². The van der Waals surface area contributed by atoms with Crippen LogP contribution in [-0.2, 0) is 0 Å². The maximum atomic E-state index is 10.9. The molecule has 0 atom stereocenters. The van der Waals surface area contributed by atoms with E-state index in [4.69, 9.17) is 10.4 Å². The van der Waals surface area contributed by atoms with Gasteiger partial charge in [0.1, 0.15) is 0 Å². The lowest BCUT2D eigenvalue weighted by Gasteiger charge is -2.07. The number of carboxylic acid groups (broad SMARTS) is 1. The maximum absolute atomic E-state index is 10.9. The first-order chi connectivity index (χ1) is 8.99. The number of carboxylic acids is 1. The van der Waals surface area contributed by atoms with Crippen LogP contribution in [0.4, 0.5) is 5.69 Å². The van der Waals surface area contributed by atoms with Crippen molar-refractivity contribution in [1.29, 1.82) is 5.26 Å². The molecule has 0 saturated carbocycles. The number of thioether (sulfide) groups is 1. The number of nitriles is 1. The van der Waals surface area contributed by atoms with Crippen molar-refractivity contribution in [3.8, 4) is 6.19 Å². The molecule has 9 heteroatoms. The van der Waals surface area contributed by atoms with Crippen molar-refractivity contribution in [3.05, 3.63) is 23.8 Å². The third kappa shape index (κ3) is 3.99. The quantitative estimate of drug-likeness (QED) is 0.193. The highest BCUT2D eigenvalue weighted by Gasteiger charge is 2.18. The molecule has 7 nitrogen and oxygen atoms in total. The number of rotatable bonds is 3. The summed E-state index contributed by atoms with van der Waals surface area (Å²) in [6, 6.07) is 3.70. The van der Waals surface area contributed by atoms with E-state index in [-0.39, 0.29) is 21.9 Å². The Bertz CT molecular complexity index is 556. The molecular weight excluding hydrogens is 269 g/mol. The van der Waals surface area contributed by atoms with E-state index in [2.05, 4.69) is 10.3 Å². The zero-order valence-corrected chi connectivity index (χ0v) is 10.7. The molecule has 1 rings (SSSR count). The van der Waals surface area contributed by atoms with E-state index in [0.29, 0.717) is 0 Å². The number of carbonyl (C=O) groups is 1. The number of nitrogens with zero attached hydrogens (tertiary/aromatic N) is 2. The second-order valence-corrected chi connectivity index (χ2v) is 4.11. The van der Waals surface area contributed by atoms with E-state index in [1.165, 1.54) is 18.2 Å². The summed E-state index contributed by atoms with van der Waals surface area (Å²) in [7, 11) is -1.79. The summed E-state index contributed by atoms with van der Waals surface area (Å²) in [5.41, 5.74) is 0.0823. The summed E-state index contributed by atoms with van der Waals surface area (Å²) in [6.45, 7) is 0. The third-order valence-corrected chi connectivity index (χ3v) is 2.71. The minimum Gasteiger partial charge on any atom is -0.478 e. The predicted molar refractivity (Wildman–Crippen MR) is 72.6 cm³/mol. The monoisotopic (exact) mass is 279 g/mol. The summed E-state index contributed by atoms with van der Waals surface area (Å²) < 4.78 is 0. The van der Waals surface area contributed by atoms with Crippen LogP contribution in [0.5, 0.6) is 0 Å². The van der Waals surface area contributed by atoms with Crippen molar-refractivity contribution in [3.63, 3.8) is 0 Å². The van der Waals surface area contributed by atoms with Gasteiger partial charge in [-0.1, -0.05) is 17.8 Å². The minimum absolute atomic E-state index is 0.0411. The Hall–Kier alpha value is -2.02. The highest BCUT2D eigenvalue weighted by molar-refractivity contribution is 8.13. The fourth-order valence-corrected chi connectivity index (χ4v) is 1.61. The molecule has 0 radical (unpaired) electrons. The van der Waals surface area contributed by atoms with Crippen molar-refractivity contribution >= 4 is 41.2 Å². The van der Waals surface area contributed by atoms with E-state index in [1.54, 1.807) is 12.4 Å². The van der Waals surface area contributed by atoms with E-state index < -0.39 is 13.1 Å². The summed E-state index contributed by atoms with van der Waals surface area (Å²) in [5.74, 6) is -1.16. The summed E-state index contributed by atoms with van der Waals surface area (Å²) in [5, 5.41) is 38.3. The van der Waals surface area contributed by atoms with Crippen LogP contribution in [0, 0.1) is 11.5 Å². The highest BCUT2D eigenvalue weighted by atomic mass is 32.2. The van der Waals surface area contributed by atoms with E-state index in [1.807, 2.05) is 0 Å². The first-order valence-electron chi connectivity index (χ1n) is 5.00. The average molecular weight is 279 g/mol. The van der Waals surface area contributed by atoms with Crippen molar-refractivity contribution in [2.75, 3.05) is 6.26 Å². The summed E-state index contributed by atoms with van der Waals surface area (Å²) in [6.07, 6.45) is 3.35. The molecule has 0 fully saturated rings. The van der Waals surface area contributed by atoms with Crippen molar-refractivity contribution in [2.45, 2.75) is 0 Å². The number of benzene rings is 1. The van der Waals surface area contributed by atoms with E-state index in [0.717, 1.165) is 11.8 Å². The largest absolute Gasteiger partial charge is 0.490 e. The first kappa shape index (κ1) is 15.0. The van der Waals surface area contributed by atoms with Gasteiger partial charge < -0.3 is 15.2 Å². The number of amidine groups is 1. The Morgan fingerprint density at radius 1 is 1.53 bits per heavy atom. The van der Waals surface area contributed by atoms with Gasteiger partial charge in [0.15, 0.2) is 11.4 Å². The SMILES string of the molecule is CSC(=Nc1cc(C(=O)O)ccc1B(O)O)NC#N. The Balaban J connectivity index is 3.32. The van der Waals surface area contributed by atoms with Crippen LogP contribution in [0.2, 0.25) is 0 Å². The Morgan fingerprint density at radius 3 is 2.68 bits per heavy atom. The molecule has 1 aromatic rings. The summed E-state index contributed by atoms with van der Waals surface area (Å²) in [4.78, 5) is 14.9. The van der Waals surface area contributed by atoms with E-state index in [9.17, 15) is 14.8 Å². The molecule has 0 aromatic heterocycles. The lowest BCUT2D eigenvalue weighted by molar-refractivity contribution is 0.0697. The fourth-order valence-electron chi connectivity index (χ4n) is 1.27. The number of hydrogen-bond donors (Lipinski definition) is 4. The zero-order chi connectivity index (χ0) is 14.4. The maximum Gasteiger partial charge on any atom is 0.490 e. The van der Waals surface area contributed by atoms with Gasteiger partial charge in [0.2, 0.25) is 0 Å². The van der Waals surface area contributed by atoms with Gasteiger partial charge in [-0.05, 0) is 18.4 Å². The molecule has 0 aliphatic heterocycles. The van der Waals surface area contributed by atoms with Crippen LogP contribution < -0.4 is 10.8 Å². The lowest BCUT2D eigenvalue weighted by atomic mass is 9.78.